The SMILES string of the molecule is C[C@H]1CC(c2ccnc3c2CCN3C(=O)Nc2cc3cn(C)nc3cc2F)CCN1C(=O)OC(C)(C)C. The van der Waals surface area contributed by atoms with E-state index in [1.54, 1.807) is 40.0 Å². The highest BCUT2D eigenvalue weighted by atomic mass is 19.1. The van der Waals surface area contributed by atoms with Crippen LogP contribution in [0.25, 0.3) is 10.9 Å². The number of anilines is 2. The first-order valence-electron chi connectivity index (χ1n) is 12.7. The summed E-state index contributed by atoms with van der Waals surface area (Å²) in [6.45, 7) is 8.74. The number of hydrogen-bond donors (Lipinski definition) is 1. The summed E-state index contributed by atoms with van der Waals surface area (Å²) >= 11 is 0. The number of hydrogen-bond acceptors (Lipinski definition) is 5. The molecule has 0 saturated carbocycles. The summed E-state index contributed by atoms with van der Waals surface area (Å²) in [5.41, 5.74) is 2.32. The lowest BCUT2D eigenvalue weighted by atomic mass is 9.84. The van der Waals surface area contributed by atoms with E-state index in [4.69, 9.17) is 4.74 Å². The number of aryl methyl sites for hydroxylation is 1. The standard InChI is InChI=1S/C27H33FN6O3/c1-16-12-17(7-10-33(16)26(36)37-27(2,3)4)19-6-9-29-24-20(19)8-11-34(24)25(35)30-23-13-18-15-32(5)31-22(18)14-21(23)28/h6,9,13-17H,7-8,10-12H2,1-5H3,(H,30,35)/t16-,17?/m0/s1. The number of fused-ring (bicyclic) bond motifs is 2. The maximum atomic E-state index is 14.7. The van der Waals surface area contributed by atoms with Gasteiger partial charge in [-0.05, 0) is 70.6 Å². The van der Waals surface area contributed by atoms with Crippen molar-refractivity contribution in [1.82, 2.24) is 19.7 Å². The topological polar surface area (TPSA) is 92.6 Å². The molecule has 2 aliphatic rings. The first-order chi connectivity index (χ1) is 17.5. The number of ether oxygens (including phenoxy) is 1. The van der Waals surface area contributed by atoms with Gasteiger partial charge in [-0.15, -0.1) is 0 Å². The summed E-state index contributed by atoms with van der Waals surface area (Å²) < 4.78 is 21.8. The Hall–Kier alpha value is -3.69. The molecule has 1 aromatic carbocycles. The molecule has 1 fully saturated rings. The van der Waals surface area contributed by atoms with Gasteiger partial charge in [0, 0.05) is 55.6 Å². The fourth-order valence-corrected chi connectivity index (χ4v) is 5.39. The Balaban J connectivity index is 1.31. The predicted octanol–water partition coefficient (Wildman–Crippen LogP) is 5.21. The van der Waals surface area contributed by atoms with E-state index in [2.05, 4.69) is 15.4 Å². The number of pyridine rings is 1. The number of nitrogens with zero attached hydrogens (tertiary/aromatic N) is 5. The zero-order valence-electron chi connectivity index (χ0n) is 21.9. The molecule has 37 heavy (non-hydrogen) atoms. The van der Waals surface area contributed by atoms with Gasteiger partial charge in [0.25, 0.3) is 0 Å². The maximum absolute atomic E-state index is 14.7. The van der Waals surface area contributed by atoms with E-state index in [9.17, 15) is 14.0 Å². The van der Waals surface area contributed by atoms with Crippen LogP contribution in [0.3, 0.4) is 0 Å². The van der Waals surface area contributed by atoms with E-state index >= 15 is 0 Å². The number of urea groups is 1. The lowest BCUT2D eigenvalue weighted by Gasteiger charge is -2.39. The van der Waals surface area contributed by atoms with Crippen LogP contribution in [0.5, 0.6) is 0 Å². The molecular formula is C27H33FN6O3. The van der Waals surface area contributed by atoms with Crippen LogP contribution in [0.4, 0.5) is 25.5 Å². The molecule has 2 aliphatic heterocycles. The molecule has 1 saturated heterocycles. The summed E-state index contributed by atoms with van der Waals surface area (Å²) in [6.07, 6.45) is 5.51. The van der Waals surface area contributed by atoms with Gasteiger partial charge >= 0.3 is 12.1 Å². The average molecular weight is 509 g/mol. The first kappa shape index (κ1) is 25.0. The van der Waals surface area contributed by atoms with Gasteiger partial charge in [0.2, 0.25) is 0 Å². The number of likely N-dealkylation sites (tertiary alicyclic amines) is 1. The Morgan fingerprint density at radius 3 is 2.73 bits per heavy atom. The van der Waals surface area contributed by atoms with E-state index in [1.165, 1.54) is 11.6 Å². The van der Waals surface area contributed by atoms with Crippen LogP contribution in [0, 0.1) is 5.82 Å². The van der Waals surface area contributed by atoms with Gasteiger partial charge in [0.1, 0.15) is 17.2 Å². The lowest BCUT2D eigenvalue weighted by Crippen LogP contribution is -2.46. The molecule has 1 unspecified atom stereocenters. The molecule has 4 heterocycles. The van der Waals surface area contributed by atoms with Crippen molar-refractivity contribution < 1.29 is 18.7 Å². The van der Waals surface area contributed by atoms with E-state index < -0.39 is 17.4 Å². The monoisotopic (exact) mass is 508 g/mol. The van der Waals surface area contributed by atoms with Crippen molar-refractivity contribution in [2.24, 2.45) is 7.05 Å². The van der Waals surface area contributed by atoms with Gasteiger partial charge in [0.15, 0.2) is 0 Å². The van der Waals surface area contributed by atoms with Crippen LogP contribution in [0.2, 0.25) is 0 Å². The Bertz CT molecular complexity index is 1360. The van der Waals surface area contributed by atoms with Crippen LogP contribution < -0.4 is 10.2 Å². The minimum atomic E-state index is -0.536. The largest absolute Gasteiger partial charge is 0.444 e. The molecule has 0 radical (unpaired) electrons. The smallest absolute Gasteiger partial charge is 0.410 e. The molecule has 9 nitrogen and oxygen atoms in total. The molecule has 1 N–H and O–H groups in total. The second-order valence-corrected chi connectivity index (χ2v) is 11.0. The molecule has 2 aromatic heterocycles. The number of amides is 3. The molecule has 0 spiro atoms. The van der Waals surface area contributed by atoms with Crippen LogP contribution in [-0.4, -0.2) is 56.5 Å². The fraction of sp³-hybridized carbons (Fsp3) is 0.481. The van der Waals surface area contributed by atoms with Crippen molar-refractivity contribution >= 4 is 34.5 Å². The van der Waals surface area contributed by atoms with E-state index in [-0.39, 0.29) is 23.7 Å². The van der Waals surface area contributed by atoms with E-state index in [0.717, 1.165) is 23.8 Å². The maximum Gasteiger partial charge on any atom is 0.410 e. The Morgan fingerprint density at radius 1 is 1.22 bits per heavy atom. The van der Waals surface area contributed by atoms with Gasteiger partial charge in [-0.1, -0.05) is 0 Å². The highest BCUT2D eigenvalue weighted by Crippen LogP contribution is 2.39. The normalized spacial score (nSPS) is 19.7. The second-order valence-electron chi connectivity index (χ2n) is 11.0. The Labute approximate surface area is 215 Å². The van der Waals surface area contributed by atoms with Crippen LogP contribution in [0.15, 0.2) is 30.6 Å². The molecule has 10 heteroatoms. The van der Waals surface area contributed by atoms with Crippen LogP contribution >= 0.6 is 0 Å². The van der Waals surface area contributed by atoms with Gasteiger partial charge in [-0.3, -0.25) is 9.58 Å². The first-order valence-corrected chi connectivity index (χ1v) is 12.7. The van der Waals surface area contributed by atoms with Crippen LogP contribution in [0.1, 0.15) is 57.6 Å². The zero-order chi connectivity index (χ0) is 26.5. The zero-order valence-corrected chi connectivity index (χ0v) is 21.9. The molecule has 3 amide bonds. The summed E-state index contributed by atoms with van der Waals surface area (Å²) in [5.74, 6) is 0.324. The number of piperidine rings is 1. The molecule has 0 bridgehead atoms. The fourth-order valence-electron chi connectivity index (χ4n) is 5.39. The number of aromatic nitrogens is 3. The van der Waals surface area contributed by atoms with E-state index in [0.29, 0.717) is 30.8 Å². The number of carbonyl (C=O) groups excluding carboxylic acids is 2. The number of nitrogens with one attached hydrogen (secondary N) is 1. The highest BCUT2D eigenvalue weighted by Gasteiger charge is 2.36. The number of benzene rings is 1. The van der Waals surface area contributed by atoms with Crippen molar-refractivity contribution in [2.45, 2.75) is 64.5 Å². The van der Waals surface area contributed by atoms with Gasteiger partial charge < -0.3 is 15.0 Å². The number of carbonyl (C=O) groups is 2. The highest BCUT2D eigenvalue weighted by molar-refractivity contribution is 6.03. The van der Waals surface area contributed by atoms with E-state index in [1.807, 2.05) is 33.8 Å². The predicted molar refractivity (Wildman–Crippen MR) is 139 cm³/mol. The molecular weight excluding hydrogens is 475 g/mol. The summed E-state index contributed by atoms with van der Waals surface area (Å²) in [4.78, 5) is 33.7. The minimum absolute atomic E-state index is 0.0311. The van der Waals surface area contributed by atoms with Gasteiger partial charge in [-0.25, -0.2) is 19.0 Å². The average Bonchev–Trinajstić information content (AvgIpc) is 3.40. The Morgan fingerprint density at radius 2 is 2.00 bits per heavy atom. The molecule has 5 rings (SSSR count). The number of rotatable bonds is 2. The molecule has 196 valence electrons. The third-order valence-electron chi connectivity index (χ3n) is 7.05. The van der Waals surface area contributed by atoms with Crippen LogP contribution in [-0.2, 0) is 18.2 Å². The minimum Gasteiger partial charge on any atom is -0.444 e. The van der Waals surface area contributed by atoms with Crippen molar-refractivity contribution in [3.05, 3.63) is 47.5 Å². The van der Waals surface area contributed by atoms with Crippen molar-refractivity contribution in [1.29, 1.82) is 0 Å². The van der Waals surface area contributed by atoms with Crippen molar-refractivity contribution in [3.8, 4) is 0 Å². The molecule has 2 atom stereocenters. The quantitative estimate of drug-likeness (QED) is 0.513. The van der Waals surface area contributed by atoms with Gasteiger partial charge in [0.05, 0.1) is 11.2 Å². The number of halogens is 1. The summed E-state index contributed by atoms with van der Waals surface area (Å²) in [6, 6.07) is 4.55. The summed E-state index contributed by atoms with van der Waals surface area (Å²) in [7, 11) is 1.77. The second kappa shape index (κ2) is 9.32. The van der Waals surface area contributed by atoms with Crippen molar-refractivity contribution in [2.75, 3.05) is 23.3 Å². The third-order valence-corrected chi connectivity index (χ3v) is 7.05. The lowest BCUT2D eigenvalue weighted by molar-refractivity contribution is 0.0103. The molecule has 3 aromatic rings. The van der Waals surface area contributed by atoms with Gasteiger partial charge in [-0.2, -0.15) is 5.10 Å². The Kier molecular flexibility index (Phi) is 6.29. The van der Waals surface area contributed by atoms with Crippen molar-refractivity contribution in [3.63, 3.8) is 0 Å². The molecule has 0 aliphatic carbocycles. The third kappa shape index (κ3) is 4.97. The summed E-state index contributed by atoms with van der Waals surface area (Å²) in [5, 5.41) is 7.66.